The van der Waals surface area contributed by atoms with Crippen LogP contribution in [-0.4, -0.2) is 16.5 Å². The molecule has 20 heavy (non-hydrogen) atoms. The van der Waals surface area contributed by atoms with Gasteiger partial charge in [0.25, 0.3) is 0 Å². The van der Waals surface area contributed by atoms with E-state index in [-0.39, 0.29) is 0 Å². The average Bonchev–Trinajstić information content (AvgIpc) is 2.91. The Labute approximate surface area is 119 Å². The zero-order valence-corrected chi connectivity index (χ0v) is 12.1. The molecule has 0 aliphatic rings. The smallest absolute Gasteiger partial charge is 0.222 e. The molecule has 5 heteroatoms. The van der Waals surface area contributed by atoms with E-state index in [0.717, 1.165) is 42.0 Å². The number of unbranched alkanes of at least 4 members (excludes halogenated alkanes) is 2. The maximum atomic E-state index is 5.75. The van der Waals surface area contributed by atoms with Gasteiger partial charge in [-0.05, 0) is 25.0 Å². The molecular formula is C15H22N4O. The Morgan fingerprint density at radius 2 is 2.15 bits per heavy atom. The number of nitrogens with one attached hydrogen (secondary N) is 1. The van der Waals surface area contributed by atoms with Gasteiger partial charge in [-0.2, -0.15) is 4.98 Å². The Morgan fingerprint density at radius 1 is 1.30 bits per heavy atom. The Bertz CT molecular complexity index is 537. The van der Waals surface area contributed by atoms with Crippen LogP contribution in [0.5, 0.6) is 0 Å². The normalized spacial score (nSPS) is 10.7. The van der Waals surface area contributed by atoms with Gasteiger partial charge in [0.15, 0.2) is 0 Å². The number of rotatable bonds is 7. The van der Waals surface area contributed by atoms with E-state index in [4.69, 9.17) is 10.2 Å². The maximum absolute atomic E-state index is 5.75. The summed E-state index contributed by atoms with van der Waals surface area (Å²) in [4.78, 5) is 8.59. The number of furan rings is 1. The SMILES string of the molecule is CCCCCNc1nc(N)nc(C)c1Cc1ccoc1. The Balaban J connectivity index is 2.15. The topological polar surface area (TPSA) is 77.0 Å². The minimum atomic E-state index is 0.316. The monoisotopic (exact) mass is 274 g/mol. The van der Waals surface area contributed by atoms with E-state index in [2.05, 4.69) is 22.2 Å². The van der Waals surface area contributed by atoms with Crippen LogP contribution < -0.4 is 11.1 Å². The van der Waals surface area contributed by atoms with Crippen molar-refractivity contribution in [2.75, 3.05) is 17.6 Å². The standard InChI is InChI=1S/C15H22N4O/c1-3-4-5-7-17-14-13(9-12-6-8-20-10-12)11(2)18-15(16)19-14/h6,8,10H,3-5,7,9H2,1-2H3,(H3,16,17,18,19). The fraction of sp³-hybridized carbons (Fsp3) is 0.467. The minimum absolute atomic E-state index is 0.316. The molecule has 2 heterocycles. The van der Waals surface area contributed by atoms with Gasteiger partial charge in [-0.1, -0.05) is 19.8 Å². The van der Waals surface area contributed by atoms with Crippen LogP contribution in [0.25, 0.3) is 0 Å². The number of aromatic nitrogens is 2. The molecule has 0 radical (unpaired) electrons. The van der Waals surface area contributed by atoms with E-state index in [1.807, 2.05) is 13.0 Å². The highest BCUT2D eigenvalue weighted by atomic mass is 16.3. The van der Waals surface area contributed by atoms with E-state index in [9.17, 15) is 0 Å². The summed E-state index contributed by atoms with van der Waals surface area (Å²) in [5.41, 5.74) is 8.85. The maximum Gasteiger partial charge on any atom is 0.222 e. The van der Waals surface area contributed by atoms with Gasteiger partial charge in [0.2, 0.25) is 5.95 Å². The summed E-state index contributed by atoms with van der Waals surface area (Å²) in [6.07, 6.45) is 7.72. The molecule has 0 fully saturated rings. The zero-order valence-electron chi connectivity index (χ0n) is 12.1. The highest BCUT2D eigenvalue weighted by Crippen LogP contribution is 2.21. The number of anilines is 2. The van der Waals surface area contributed by atoms with Gasteiger partial charge < -0.3 is 15.5 Å². The van der Waals surface area contributed by atoms with Gasteiger partial charge in [0.05, 0.1) is 12.5 Å². The van der Waals surface area contributed by atoms with Gasteiger partial charge in [-0.3, -0.25) is 0 Å². The molecule has 0 saturated heterocycles. The summed E-state index contributed by atoms with van der Waals surface area (Å²) < 4.78 is 5.12. The lowest BCUT2D eigenvalue weighted by Gasteiger charge is -2.13. The zero-order chi connectivity index (χ0) is 14.4. The molecule has 0 amide bonds. The summed E-state index contributed by atoms with van der Waals surface area (Å²) in [5.74, 6) is 1.16. The quantitative estimate of drug-likeness (QED) is 0.758. The molecule has 0 bridgehead atoms. The minimum Gasteiger partial charge on any atom is -0.472 e. The Kier molecular flexibility index (Phi) is 4.98. The molecular weight excluding hydrogens is 252 g/mol. The van der Waals surface area contributed by atoms with Crippen LogP contribution in [0, 0.1) is 6.92 Å². The third kappa shape index (κ3) is 3.73. The van der Waals surface area contributed by atoms with Gasteiger partial charge in [-0.25, -0.2) is 4.98 Å². The number of aryl methyl sites for hydroxylation is 1. The van der Waals surface area contributed by atoms with Crippen molar-refractivity contribution in [2.24, 2.45) is 0 Å². The van der Waals surface area contributed by atoms with E-state index in [0.29, 0.717) is 5.95 Å². The van der Waals surface area contributed by atoms with Gasteiger partial charge in [0, 0.05) is 24.2 Å². The van der Waals surface area contributed by atoms with Crippen molar-refractivity contribution < 1.29 is 4.42 Å². The molecule has 2 aromatic rings. The van der Waals surface area contributed by atoms with Gasteiger partial charge in [0.1, 0.15) is 5.82 Å². The first-order chi connectivity index (χ1) is 9.70. The summed E-state index contributed by atoms with van der Waals surface area (Å²) in [7, 11) is 0. The average molecular weight is 274 g/mol. The van der Waals surface area contributed by atoms with E-state index < -0.39 is 0 Å². The van der Waals surface area contributed by atoms with Crippen molar-refractivity contribution in [3.63, 3.8) is 0 Å². The van der Waals surface area contributed by atoms with Crippen LogP contribution in [-0.2, 0) is 6.42 Å². The van der Waals surface area contributed by atoms with Crippen molar-refractivity contribution in [3.05, 3.63) is 35.4 Å². The Hall–Kier alpha value is -2.04. The number of hydrogen-bond acceptors (Lipinski definition) is 5. The van der Waals surface area contributed by atoms with Gasteiger partial charge >= 0.3 is 0 Å². The molecule has 108 valence electrons. The number of hydrogen-bond donors (Lipinski definition) is 2. The highest BCUT2D eigenvalue weighted by molar-refractivity contribution is 5.51. The third-order valence-electron chi connectivity index (χ3n) is 3.26. The molecule has 0 spiro atoms. The second kappa shape index (κ2) is 6.93. The third-order valence-corrected chi connectivity index (χ3v) is 3.26. The second-order valence-electron chi connectivity index (χ2n) is 4.94. The fourth-order valence-corrected chi connectivity index (χ4v) is 2.15. The van der Waals surface area contributed by atoms with Crippen molar-refractivity contribution >= 4 is 11.8 Å². The van der Waals surface area contributed by atoms with Crippen LogP contribution in [0.15, 0.2) is 23.0 Å². The van der Waals surface area contributed by atoms with Crippen LogP contribution >= 0.6 is 0 Å². The molecule has 5 nitrogen and oxygen atoms in total. The largest absolute Gasteiger partial charge is 0.472 e. The van der Waals surface area contributed by atoms with Gasteiger partial charge in [-0.15, -0.1) is 0 Å². The summed E-state index contributed by atoms with van der Waals surface area (Å²) in [6, 6.07) is 1.96. The summed E-state index contributed by atoms with van der Waals surface area (Å²) >= 11 is 0. The first kappa shape index (κ1) is 14.4. The van der Waals surface area contributed by atoms with Crippen LogP contribution in [0.1, 0.15) is 43.0 Å². The Morgan fingerprint density at radius 3 is 2.85 bits per heavy atom. The molecule has 2 rings (SSSR count). The number of nitrogens with two attached hydrogens (primary N) is 1. The second-order valence-corrected chi connectivity index (χ2v) is 4.94. The van der Waals surface area contributed by atoms with Crippen LogP contribution in [0.4, 0.5) is 11.8 Å². The molecule has 2 aromatic heterocycles. The van der Waals surface area contributed by atoms with Crippen molar-refractivity contribution in [1.29, 1.82) is 0 Å². The lowest BCUT2D eigenvalue weighted by molar-refractivity contribution is 0.564. The lowest BCUT2D eigenvalue weighted by Crippen LogP contribution is -2.11. The fourth-order valence-electron chi connectivity index (χ4n) is 2.15. The summed E-state index contributed by atoms with van der Waals surface area (Å²) in [6.45, 7) is 5.06. The first-order valence-electron chi connectivity index (χ1n) is 7.08. The van der Waals surface area contributed by atoms with Crippen molar-refractivity contribution in [1.82, 2.24) is 9.97 Å². The first-order valence-corrected chi connectivity index (χ1v) is 7.08. The van der Waals surface area contributed by atoms with E-state index >= 15 is 0 Å². The summed E-state index contributed by atoms with van der Waals surface area (Å²) in [5, 5.41) is 3.38. The predicted molar refractivity (Wildman–Crippen MR) is 80.7 cm³/mol. The van der Waals surface area contributed by atoms with E-state index in [1.54, 1.807) is 12.5 Å². The molecule has 0 aromatic carbocycles. The molecule has 0 aliphatic heterocycles. The molecule has 0 unspecified atom stereocenters. The van der Waals surface area contributed by atoms with Crippen LogP contribution in [0.2, 0.25) is 0 Å². The van der Waals surface area contributed by atoms with Crippen LogP contribution in [0.3, 0.4) is 0 Å². The number of nitrogens with zero attached hydrogens (tertiary/aromatic N) is 2. The molecule has 0 atom stereocenters. The molecule has 0 saturated carbocycles. The van der Waals surface area contributed by atoms with Crippen molar-refractivity contribution in [2.45, 2.75) is 39.5 Å². The highest BCUT2D eigenvalue weighted by Gasteiger charge is 2.11. The van der Waals surface area contributed by atoms with Crippen molar-refractivity contribution in [3.8, 4) is 0 Å². The predicted octanol–water partition coefficient (Wildman–Crippen LogP) is 3.15. The lowest BCUT2D eigenvalue weighted by atomic mass is 10.1. The van der Waals surface area contributed by atoms with E-state index in [1.165, 1.54) is 12.8 Å². The molecule has 3 N–H and O–H groups in total. The molecule has 0 aliphatic carbocycles. The number of nitrogen functional groups attached to an aromatic ring is 1.